The minimum absolute atomic E-state index is 0.0926. The lowest BCUT2D eigenvalue weighted by atomic mass is 10.0. The molecule has 0 aliphatic heterocycles. The molecule has 1 amide bonds. The van der Waals surface area contributed by atoms with E-state index in [9.17, 15) is 14.4 Å². The smallest absolute Gasteiger partial charge is 0.303 e. The molecule has 0 aliphatic carbocycles. The first-order valence-corrected chi connectivity index (χ1v) is 8.91. The standard InChI is InChI=1S/C14H26O3.C4H9NO/c1-2-3-4-5-6-7-10-13(15)11-8-9-12-14(16)17;1-3-4(6)5-2/h2-12H2,1H3,(H,16,17);3H2,1-2H3,(H,5,6). The Morgan fingerprint density at radius 2 is 1.26 bits per heavy atom. The molecule has 0 aromatic carbocycles. The van der Waals surface area contributed by atoms with Crippen molar-refractivity contribution in [3.05, 3.63) is 0 Å². The molecule has 5 heteroatoms. The Labute approximate surface area is 141 Å². The van der Waals surface area contributed by atoms with Crippen LogP contribution in [0.3, 0.4) is 0 Å². The topological polar surface area (TPSA) is 83.5 Å². The molecular weight excluding hydrogens is 294 g/mol. The van der Waals surface area contributed by atoms with Crippen LogP contribution in [0, 0.1) is 0 Å². The molecule has 0 aromatic rings. The number of nitrogens with one attached hydrogen (secondary N) is 1. The van der Waals surface area contributed by atoms with Crippen LogP contribution < -0.4 is 5.32 Å². The molecule has 0 radical (unpaired) electrons. The van der Waals surface area contributed by atoms with Gasteiger partial charge in [-0.2, -0.15) is 0 Å². The third kappa shape index (κ3) is 23.0. The molecular formula is C18H35NO4. The van der Waals surface area contributed by atoms with Crippen LogP contribution in [-0.2, 0) is 14.4 Å². The van der Waals surface area contributed by atoms with Crippen LogP contribution in [-0.4, -0.2) is 29.8 Å². The lowest BCUT2D eigenvalue weighted by molar-refractivity contribution is -0.137. The van der Waals surface area contributed by atoms with E-state index in [1.165, 1.54) is 25.7 Å². The Morgan fingerprint density at radius 1 is 0.783 bits per heavy atom. The molecule has 0 fully saturated rings. The van der Waals surface area contributed by atoms with Crippen LogP contribution in [0.5, 0.6) is 0 Å². The van der Waals surface area contributed by atoms with Crippen molar-refractivity contribution in [1.29, 1.82) is 0 Å². The van der Waals surface area contributed by atoms with Gasteiger partial charge in [0.2, 0.25) is 5.91 Å². The highest BCUT2D eigenvalue weighted by Gasteiger charge is 2.03. The summed E-state index contributed by atoms with van der Waals surface area (Å²) in [6.45, 7) is 4.01. The van der Waals surface area contributed by atoms with Crippen molar-refractivity contribution in [3.8, 4) is 0 Å². The van der Waals surface area contributed by atoms with Crippen LogP contribution in [0.2, 0.25) is 0 Å². The predicted molar refractivity (Wildman–Crippen MR) is 93.5 cm³/mol. The van der Waals surface area contributed by atoms with Crippen molar-refractivity contribution in [2.75, 3.05) is 7.05 Å². The molecule has 0 spiro atoms. The molecule has 2 N–H and O–H groups in total. The molecule has 0 atom stereocenters. The number of hydrogen-bond donors (Lipinski definition) is 2. The number of amides is 1. The van der Waals surface area contributed by atoms with E-state index in [2.05, 4.69) is 12.2 Å². The van der Waals surface area contributed by atoms with Gasteiger partial charge in [-0.15, -0.1) is 0 Å². The largest absolute Gasteiger partial charge is 0.481 e. The van der Waals surface area contributed by atoms with E-state index >= 15 is 0 Å². The molecule has 0 heterocycles. The van der Waals surface area contributed by atoms with Crippen molar-refractivity contribution in [2.24, 2.45) is 0 Å². The highest BCUT2D eigenvalue weighted by Crippen LogP contribution is 2.09. The normalized spacial score (nSPS) is 9.70. The number of carboxylic acid groups (broad SMARTS) is 1. The fourth-order valence-corrected chi connectivity index (χ4v) is 2.00. The van der Waals surface area contributed by atoms with Gasteiger partial charge in [-0.3, -0.25) is 14.4 Å². The summed E-state index contributed by atoms with van der Waals surface area (Å²) >= 11 is 0. The van der Waals surface area contributed by atoms with Crippen LogP contribution in [0.15, 0.2) is 0 Å². The Balaban J connectivity index is 0. The molecule has 0 bridgehead atoms. The highest BCUT2D eigenvalue weighted by atomic mass is 16.4. The van der Waals surface area contributed by atoms with Crippen molar-refractivity contribution in [2.45, 2.75) is 90.9 Å². The maximum Gasteiger partial charge on any atom is 0.303 e. The van der Waals surface area contributed by atoms with E-state index in [0.29, 0.717) is 31.5 Å². The SMILES string of the molecule is CCC(=O)NC.CCCCCCCCC(=O)CCCCC(=O)O. The summed E-state index contributed by atoms with van der Waals surface area (Å²) in [6, 6.07) is 0. The molecule has 23 heavy (non-hydrogen) atoms. The first-order chi connectivity index (χ1) is 11.0. The minimum Gasteiger partial charge on any atom is -0.481 e. The second-order valence-electron chi connectivity index (χ2n) is 5.68. The van der Waals surface area contributed by atoms with Gasteiger partial charge in [-0.25, -0.2) is 0 Å². The van der Waals surface area contributed by atoms with Gasteiger partial charge in [0.25, 0.3) is 0 Å². The Morgan fingerprint density at radius 3 is 1.70 bits per heavy atom. The van der Waals surface area contributed by atoms with Gasteiger partial charge >= 0.3 is 5.97 Å². The van der Waals surface area contributed by atoms with Crippen molar-refractivity contribution in [3.63, 3.8) is 0 Å². The van der Waals surface area contributed by atoms with E-state index in [1.807, 2.05) is 6.92 Å². The Kier molecular flexibility index (Phi) is 19.4. The second-order valence-corrected chi connectivity index (χ2v) is 5.68. The molecule has 0 rings (SSSR count). The van der Waals surface area contributed by atoms with E-state index in [-0.39, 0.29) is 12.3 Å². The first-order valence-electron chi connectivity index (χ1n) is 8.91. The number of rotatable bonds is 13. The van der Waals surface area contributed by atoms with E-state index in [4.69, 9.17) is 5.11 Å². The molecule has 0 unspecified atom stereocenters. The average molecular weight is 329 g/mol. The highest BCUT2D eigenvalue weighted by molar-refractivity contribution is 5.78. The Bertz CT molecular complexity index is 310. The van der Waals surface area contributed by atoms with Gasteiger partial charge in [0.15, 0.2) is 0 Å². The van der Waals surface area contributed by atoms with Crippen LogP contribution in [0.25, 0.3) is 0 Å². The fourth-order valence-electron chi connectivity index (χ4n) is 2.00. The van der Waals surface area contributed by atoms with Gasteiger partial charge in [0, 0.05) is 32.7 Å². The monoisotopic (exact) mass is 329 g/mol. The molecule has 0 saturated carbocycles. The maximum absolute atomic E-state index is 11.4. The van der Waals surface area contributed by atoms with Crippen LogP contribution in [0.4, 0.5) is 0 Å². The first kappa shape index (κ1) is 23.9. The number of hydrogen-bond acceptors (Lipinski definition) is 3. The quantitative estimate of drug-likeness (QED) is 0.498. The summed E-state index contributed by atoms with van der Waals surface area (Å²) in [5.41, 5.74) is 0. The zero-order valence-electron chi connectivity index (χ0n) is 15.2. The second kappa shape index (κ2) is 18.7. The van der Waals surface area contributed by atoms with Crippen LogP contribution in [0.1, 0.15) is 90.9 Å². The third-order valence-electron chi connectivity index (χ3n) is 3.51. The number of aliphatic carboxylic acids is 1. The van der Waals surface area contributed by atoms with Crippen molar-refractivity contribution >= 4 is 17.7 Å². The van der Waals surface area contributed by atoms with E-state index in [0.717, 1.165) is 19.3 Å². The number of carbonyl (C=O) groups excluding carboxylic acids is 2. The van der Waals surface area contributed by atoms with Gasteiger partial charge < -0.3 is 10.4 Å². The summed E-state index contributed by atoms with van der Waals surface area (Å²) < 4.78 is 0. The summed E-state index contributed by atoms with van der Waals surface area (Å²) in [5.74, 6) is -0.380. The number of Topliss-reactive ketones (excluding diaryl/α,β-unsaturated/α-hetero) is 1. The molecule has 136 valence electrons. The molecule has 5 nitrogen and oxygen atoms in total. The zero-order valence-corrected chi connectivity index (χ0v) is 15.2. The van der Waals surface area contributed by atoms with Gasteiger partial charge in [-0.1, -0.05) is 46.0 Å². The summed E-state index contributed by atoms with van der Waals surface area (Å²) in [4.78, 5) is 31.8. The average Bonchev–Trinajstić information content (AvgIpc) is 2.54. The Hall–Kier alpha value is -1.39. The maximum atomic E-state index is 11.4. The summed E-state index contributed by atoms with van der Waals surface area (Å²) in [6.07, 6.45) is 10.6. The molecule has 0 aliphatic rings. The fraction of sp³-hybridized carbons (Fsp3) is 0.833. The number of ketones is 1. The summed E-state index contributed by atoms with van der Waals surface area (Å²) in [7, 11) is 1.63. The van der Waals surface area contributed by atoms with Crippen molar-refractivity contribution in [1.82, 2.24) is 5.32 Å². The van der Waals surface area contributed by atoms with E-state index < -0.39 is 5.97 Å². The van der Waals surface area contributed by atoms with Crippen LogP contribution >= 0.6 is 0 Å². The third-order valence-corrected chi connectivity index (χ3v) is 3.51. The lowest BCUT2D eigenvalue weighted by Crippen LogP contribution is -2.15. The lowest BCUT2D eigenvalue weighted by Gasteiger charge is -2.01. The van der Waals surface area contributed by atoms with Crippen molar-refractivity contribution < 1.29 is 19.5 Å². The van der Waals surface area contributed by atoms with Gasteiger partial charge in [0.1, 0.15) is 5.78 Å². The molecule has 0 aromatic heterocycles. The minimum atomic E-state index is -0.770. The van der Waals surface area contributed by atoms with Gasteiger partial charge in [0.05, 0.1) is 0 Å². The van der Waals surface area contributed by atoms with Gasteiger partial charge in [-0.05, 0) is 19.3 Å². The molecule has 0 saturated heterocycles. The predicted octanol–water partition coefficient (Wildman–Crippen LogP) is 4.09. The van der Waals surface area contributed by atoms with E-state index in [1.54, 1.807) is 7.05 Å². The number of unbranched alkanes of at least 4 members (excludes halogenated alkanes) is 6. The zero-order chi connectivity index (χ0) is 17.9. The number of carbonyl (C=O) groups is 3. The summed E-state index contributed by atoms with van der Waals surface area (Å²) in [5, 5.41) is 10.9. The number of carboxylic acids is 1.